The lowest BCUT2D eigenvalue weighted by atomic mass is 9.92. The third-order valence-electron chi connectivity index (χ3n) is 3.21. The molecule has 1 aromatic rings. The minimum absolute atomic E-state index is 0.0761. The molecule has 0 spiro atoms. The Bertz CT molecular complexity index is 330. The molecule has 1 saturated carbocycles. The van der Waals surface area contributed by atoms with E-state index in [0.29, 0.717) is 0 Å². The summed E-state index contributed by atoms with van der Waals surface area (Å²) >= 11 is 0. The van der Waals surface area contributed by atoms with Crippen LogP contribution in [0.25, 0.3) is 0 Å². The van der Waals surface area contributed by atoms with Gasteiger partial charge in [-0.2, -0.15) is 0 Å². The normalized spacial score (nSPS) is 30.8. The van der Waals surface area contributed by atoms with Crippen molar-refractivity contribution in [1.82, 2.24) is 0 Å². The maximum absolute atomic E-state index is 12.8. The van der Waals surface area contributed by atoms with Gasteiger partial charge in [0.1, 0.15) is 5.82 Å². The van der Waals surface area contributed by atoms with E-state index in [2.05, 4.69) is 0 Å². The van der Waals surface area contributed by atoms with Crippen LogP contribution in [-0.4, -0.2) is 0 Å². The minimum atomic E-state index is -0.0761. The summed E-state index contributed by atoms with van der Waals surface area (Å²) in [6.45, 7) is 0. The lowest BCUT2D eigenvalue weighted by Gasteiger charge is -2.14. The van der Waals surface area contributed by atoms with Gasteiger partial charge in [0.25, 0.3) is 0 Å². The maximum Gasteiger partial charge on any atom is 0.123 e. The fourth-order valence-corrected chi connectivity index (χ4v) is 2.44. The molecular weight excluding hydrogens is 151 g/mol. The van der Waals surface area contributed by atoms with Crippen LogP contribution in [0.4, 0.5) is 4.39 Å². The molecule has 1 aromatic carbocycles. The molecular formula is C11H11F. The van der Waals surface area contributed by atoms with Crippen LogP contribution >= 0.6 is 0 Å². The van der Waals surface area contributed by atoms with Gasteiger partial charge in [0, 0.05) is 0 Å². The van der Waals surface area contributed by atoms with Crippen molar-refractivity contribution < 1.29 is 4.39 Å². The van der Waals surface area contributed by atoms with Gasteiger partial charge in [0.15, 0.2) is 0 Å². The molecule has 0 heterocycles. The van der Waals surface area contributed by atoms with E-state index in [1.165, 1.54) is 24.0 Å². The summed E-state index contributed by atoms with van der Waals surface area (Å²) in [6, 6.07) is 5.29. The first-order valence-corrected chi connectivity index (χ1v) is 4.63. The minimum Gasteiger partial charge on any atom is -0.207 e. The van der Waals surface area contributed by atoms with E-state index in [0.717, 1.165) is 18.3 Å². The number of rotatable bonds is 0. The standard InChI is InChI=1S/C11H11F/c12-9-3-4-10-7(5-9)1-2-8-6-11(8)10/h3-5,8,11H,1-2,6H2. The van der Waals surface area contributed by atoms with E-state index >= 15 is 0 Å². The Hall–Kier alpha value is -0.850. The third kappa shape index (κ3) is 0.825. The van der Waals surface area contributed by atoms with E-state index in [9.17, 15) is 4.39 Å². The van der Waals surface area contributed by atoms with Gasteiger partial charge < -0.3 is 0 Å². The molecule has 1 heteroatoms. The van der Waals surface area contributed by atoms with Gasteiger partial charge in [-0.15, -0.1) is 0 Å². The van der Waals surface area contributed by atoms with Crippen LogP contribution < -0.4 is 0 Å². The van der Waals surface area contributed by atoms with Gasteiger partial charge in [-0.1, -0.05) is 6.07 Å². The number of halogens is 1. The van der Waals surface area contributed by atoms with Crippen LogP contribution in [-0.2, 0) is 6.42 Å². The molecule has 2 aliphatic carbocycles. The monoisotopic (exact) mass is 162 g/mol. The Labute approximate surface area is 71.4 Å². The highest BCUT2D eigenvalue weighted by molar-refractivity contribution is 5.37. The second-order valence-corrected chi connectivity index (χ2v) is 3.98. The molecule has 0 nitrogen and oxygen atoms in total. The molecule has 12 heavy (non-hydrogen) atoms. The van der Waals surface area contributed by atoms with Crippen LogP contribution in [0.2, 0.25) is 0 Å². The zero-order chi connectivity index (χ0) is 8.13. The van der Waals surface area contributed by atoms with Crippen LogP contribution in [0, 0.1) is 11.7 Å². The van der Waals surface area contributed by atoms with Crippen molar-refractivity contribution in [3.8, 4) is 0 Å². The van der Waals surface area contributed by atoms with Crippen molar-refractivity contribution in [1.29, 1.82) is 0 Å². The molecule has 0 aliphatic heterocycles. The molecule has 0 saturated heterocycles. The van der Waals surface area contributed by atoms with Crippen LogP contribution in [0.5, 0.6) is 0 Å². The SMILES string of the molecule is Fc1ccc2c(c1)CCC1CC21. The number of benzene rings is 1. The Morgan fingerprint density at radius 3 is 3.17 bits per heavy atom. The molecule has 0 N–H and O–H groups in total. The molecule has 1 fully saturated rings. The van der Waals surface area contributed by atoms with Gasteiger partial charge >= 0.3 is 0 Å². The predicted molar refractivity (Wildman–Crippen MR) is 45.6 cm³/mol. The van der Waals surface area contributed by atoms with Crippen molar-refractivity contribution in [3.63, 3.8) is 0 Å². The fourth-order valence-electron chi connectivity index (χ4n) is 2.44. The van der Waals surface area contributed by atoms with Crippen molar-refractivity contribution >= 4 is 0 Å². The van der Waals surface area contributed by atoms with E-state index in [1.807, 2.05) is 6.07 Å². The first-order chi connectivity index (χ1) is 5.84. The van der Waals surface area contributed by atoms with E-state index < -0.39 is 0 Å². The highest BCUT2D eigenvalue weighted by Gasteiger charge is 2.41. The molecule has 62 valence electrons. The number of hydrogen-bond acceptors (Lipinski definition) is 0. The van der Waals surface area contributed by atoms with Crippen LogP contribution in [0.3, 0.4) is 0 Å². The molecule has 2 unspecified atom stereocenters. The van der Waals surface area contributed by atoms with Gasteiger partial charge in [0.2, 0.25) is 0 Å². The van der Waals surface area contributed by atoms with Crippen molar-refractivity contribution in [3.05, 3.63) is 35.1 Å². The predicted octanol–water partition coefficient (Wildman–Crippen LogP) is 2.88. The Morgan fingerprint density at radius 1 is 1.33 bits per heavy atom. The first kappa shape index (κ1) is 6.64. The van der Waals surface area contributed by atoms with Gasteiger partial charge in [-0.05, 0) is 54.4 Å². The first-order valence-electron chi connectivity index (χ1n) is 4.63. The summed E-state index contributed by atoms with van der Waals surface area (Å²) < 4.78 is 12.8. The Morgan fingerprint density at radius 2 is 2.25 bits per heavy atom. The lowest BCUT2D eigenvalue weighted by Crippen LogP contribution is -2.01. The molecule has 2 aliphatic rings. The zero-order valence-electron chi connectivity index (χ0n) is 6.89. The molecule has 0 radical (unpaired) electrons. The lowest BCUT2D eigenvalue weighted by molar-refractivity contribution is 0.612. The van der Waals surface area contributed by atoms with Crippen LogP contribution in [0.1, 0.15) is 29.9 Å². The third-order valence-corrected chi connectivity index (χ3v) is 3.21. The zero-order valence-corrected chi connectivity index (χ0v) is 6.89. The van der Waals surface area contributed by atoms with E-state index in [1.54, 1.807) is 12.1 Å². The average molecular weight is 162 g/mol. The molecule has 2 atom stereocenters. The average Bonchev–Trinajstić information content (AvgIpc) is 2.82. The molecule has 3 rings (SSSR count). The number of hydrogen-bond donors (Lipinski definition) is 0. The topological polar surface area (TPSA) is 0 Å². The van der Waals surface area contributed by atoms with Crippen LogP contribution in [0.15, 0.2) is 18.2 Å². The van der Waals surface area contributed by atoms with Crippen molar-refractivity contribution in [2.45, 2.75) is 25.2 Å². The molecule has 0 aromatic heterocycles. The molecule has 0 amide bonds. The van der Waals surface area contributed by atoms with Gasteiger partial charge in [0.05, 0.1) is 0 Å². The van der Waals surface area contributed by atoms with E-state index in [-0.39, 0.29) is 5.82 Å². The van der Waals surface area contributed by atoms with Crippen molar-refractivity contribution in [2.24, 2.45) is 5.92 Å². The second-order valence-electron chi connectivity index (χ2n) is 3.98. The number of aryl methyl sites for hydroxylation is 1. The Balaban J connectivity index is 2.12. The summed E-state index contributed by atoms with van der Waals surface area (Å²) in [5.74, 6) is 1.64. The number of fused-ring (bicyclic) bond motifs is 3. The largest absolute Gasteiger partial charge is 0.207 e. The highest BCUT2D eigenvalue weighted by atomic mass is 19.1. The second kappa shape index (κ2) is 2.09. The van der Waals surface area contributed by atoms with Crippen molar-refractivity contribution in [2.75, 3.05) is 0 Å². The fraction of sp³-hybridized carbons (Fsp3) is 0.455. The Kier molecular flexibility index (Phi) is 1.16. The summed E-state index contributed by atoms with van der Waals surface area (Å²) in [4.78, 5) is 0. The van der Waals surface area contributed by atoms with Gasteiger partial charge in [-0.25, -0.2) is 4.39 Å². The van der Waals surface area contributed by atoms with E-state index in [4.69, 9.17) is 0 Å². The quantitative estimate of drug-likeness (QED) is 0.550. The highest BCUT2D eigenvalue weighted by Crippen LogP contribution is 2.54. The molecule has 0 bridgehead atoms. The maximum atomic E-state index is 12.8. The van der Waals surface area contributed by atoms with Gasteiger partial charge in [-0.3, -0.25) is 0 Å². The summed E-state index contributed by atoms with van der Waals surface area (Å²) in [6.07, 6.45) is 3.72. The summed E-state index contributed by atoms with van der Waals surface area (Å²) in [5, 5.41) is 0. The summed E-state index contributed by atoms with van der Waals surface area (Å²) in [5.41, 5.74) is 2.68. The smallest absolute Gasteiger partial charge is 0.123 e. The summed E-state index contributed by atoms with van der Waals surface area (Å²) in [7, 11) is 0.